The molecule has 0 bridgehead atoms. The maximum absolute atomic E-state index is 4.96. The Morgan fingerprint density at radius 2 is 2.50 bits per heavy atom. The molecule has 4 nitrogen and oxygen atoms in total. The Kier molecular flexibility index (Phi) is 3.76. The molecule has 0 saturated carbocycles. The number of aromatic nitrogens is 2. The van der Waals surface area contributed by atoms with Crippen LogP contribution in [0.1, 0.15) is 13.3 Å². The van der Waals surface area contributed by atoms with E-state index in [9.17, 15) is 0 Å². The highest BCUT2D eigenvalue weighted by Gasteiger charge is 2.01. The minimum Gasteiger partial charge on any atom is -0.304 e. The van der Waals surface area contributed by atoms with E-state index in [1.54, 1.807) is 6.20 Å². The minimum atomic E-state index is 0.485. The fraction of sp³-hybridized carbons (Fsp3) is 0.625. The zero-order valence-corrected chi connectivity index (χ0v) is 7.31. The standard InChI is InChI=1S/C8H15N3O/c1-8(7-12-9)3-6-11-5-2-4-10-11/h2,4-5,8H,3,6-7,9H2,1H3. The van der Waals surface area contributed by atoms with E-state index < -0.39 is 0 Å². The van der Waals surface area contributed by atoms with Gasteiger partial charge in [0.1, 0.15) is 0 Å². The lowest BCUT2D eigenvalue weighted by molar-refractivity contribution is 0.102. The van der Waals surface area contributed by atoms with Gasteiger partial charge in [-0.3, -0.25) is 4.68 Å². The molecule has 4 heteroatoms. The first-order valence-corrected chi connectivity index (χ1v) is 4.12. The Labute approximate surface area is 72.3 Å². The number of rotatable bonds is 5. The van der Waals surface area contributed by atoms with Crippen molar-refractivity contribution < 1.29 is 4.84 Å². The molecule has 0 aliphatic carbocycles. The highest BCUT2D eigenvalue weighted by atomic mass is 16.6. The molecule has 1 heterocycles. The first-order chi connectivity index (χ1) is 5.83. The predicted octanol–water partition coefficient (Wildman–Crippen LogP) is 0.800. The average molecular weight is 169 g/mol. The molecule has 68 valence electrons. The molecule has 0 saturated heterocycles. The van der Waals surface area contributed by atoms with Crippen molar-refractivity contribution in [3.05, 3.63) is 18.5 Å². The van der Waals surface area contributed by atoms with Gasteiger partial charge in [0, 0.05) is 18.9 Å². The predicted molar refractivity (Wildman–Crippen MR) is 46.1 cm³/mol. The molecule has 1 rings (SSSR count). The molecule has 1 atom stereocenters. The van der Waals surface area contributed by atoms with Gasteiger partial charge in [0.2, 0.25) is 0 Å². The van der Waals surface area contributed by atoms with Crippen LogP contribution in [0.2, 0.25) is 0 Å². The Morgan fingerprint density at radius 1 is 1.67 bits per heavy atom. The van der Waals surface area contributed by atoms with Crippen LogP contribution in [0.25, 0.3) is 0 Å². The van der Waals surface area contributed by atoms with Crippen molar-refractivity contribution in [3.63, 3.8) is 0 Å². The molecule has 0 aliphatic heterocycles. The summed E-state index contributed by atoms with van der Waals surface area (Å²) >= 11 is 0. The fourth-order valence-corrected chi connectivity index (χ4v) is 1.03. The summed E-state index contributed by atoms with van der Waals surface area (Å²) in [4.78, 5) is 4.54. The molecular formula is C8H15N3O. The summed E-state index contributed by atoms with van der Waals surface area (Å²) in [5, 5.41) is 4.09. The lowest BCUT2D eigenvalue weighted by Crippen LogP contribution is -2.12. The van der Waals surface area contributed by atoms with Crippen molar-refractivity contribution in [1.82, 2.24) is 9.78 Å². The third kappa shape index (κ3) is 3.02. The van der Waals surface area contributed by atoms with Gasteiger partial charge in [0.15, 0.2) is 0 Å². The second-order valence-corrected chi connectivity index (χ2v) is 3.00. The molecule has 0 spiro atoms. The van der Waals surface area contributed by atoms with Gasteiger partial charge in [-0.2, -0.15) is 5.10 Å². The minimum absolute atomic E-state index is 0.485. The molecule has 0 aliphatic rings. The van der Waals surface area contributed by atoms with Gasteiger partial charge >= 0.3 is 0 Å². The van der Waals surface area contributed by atoms with Gasteiger partial charge in [0.25, 0.3) is 0 Å². The van der Waals surface area contributed by atoms with Gasteiger partial charge in [0.05, 0.1) is 6.61 Å². The lowest BCUT2D eigenvalue weighted by Gasteiger charge is -2.08. The average Bonchev–Trinajstić information content (AvgIpc) is 2.53. The molecule has 2 N–H and O–H groups in total. The van der Waals surface area contributed by atoms with Crippen molar-refractivity contribution in [1.29, 1.82) is 0 Å². The molecule has 1 aromatic rings. The maximum Gasteiger partial charge on any atom is 0.0705 e. The monoisotopic (exact) mass is 169 g/mol. The first-order valence-electron chi connectivity index (χ1n) is 4.12. The van der Waals surface area contributed by atoms with E-state index >= 15 is 0 Å². The summed E-state index contributed by atoms with van der Waals surface area (Å²) in [6, 6.07) is 1.92. The van der Waals surface area contributed by atoms with E-state index in [0.29, 0.717) is 12.5 Å². The summed E-state index contributed by atoms with van der Waals surface area (Å²) in [7, 11) is 0. The van der Waals surface area contributed by atoms with Crippen molar-refractivity contribution in [2.24, 2.45) is 11.8 Å². The van der Waals surface area contributed by atoms with Gasteiger partial charge < -0.3 is 4.84 Å². The van der Waals surface area contributed by atoms with Crippen molar-refractivity contribution in [2.45, 2.75) is 19.9 Å². The fourth-order valence-electron chi connectivity index (χ4n) is 1.03. The summed E-state index contributed by atoms with van der Waals surface area (Å²) in [5.74, 6) is 5.44. The Balaban J connectivity index is 2.17. The van der Waals surface area contributed by atoms with Gasteiger partial charge in [-0.15, -0.1) is 0 Å². The molecule has 12 heavy (non-hydrogen) atoms. The van der Waals surface area contributed by atoms with Crippen LogP contribution in [-0.4, -0.2) is 16.4 Å². The lowest BCUT2D eigenvalue weighted by atomic mass is 10.1. The molecule has 1 aromatic heterocycles. The molecule has 0 radical (unpaired) electrons. The van der Waals surface area contributed by atoms with Crippen molar-refractivity contribution in [2.75, 3.05) is 6.61 Å². The quantitative estimate of drug-likeness (QED) is 0.663. The zero-order chi connectivity index (χ0) is 8.81. The van der Waals surface area contributed by atoms with Gasteiger partial charge in [-0.05, 0) is 18.4 Å². The Bertz CT molecular complexity index is 198. The van der Waals surface area contributed by atoms with E-state index in [1.807, 2.05) is 16.9 Å². The van der Waals surface area contributed by atoms with E-state index in [2.05, 4.69) is 16.9 Å². The number of aryl methyl sites for hydroxylation is 1. The number of hydrogen-bond acceptors (Lipinski definition) is 3. The molecular weight excluding hydrogens is 154 g/mol. The number of hydrogen-bond donors (Lipinski definition) is 1. The van der Waals surface area contributed by atoms with Crippen LogP contribution < -0.4 is 5.90 Å². The second kappa shape index (κ2) is 4.90. The van der Waals surface area contributed by atoms with Crippen molar-refractivity contribution >= 4 is 0 Å². The zero-order valence-electron chi connectivity index (χ0n) is 7.31. The summed E-state index contributed by atoms with van der Waals surface area (Å²) in [5.41, 5.74) is 0. The normalized spacial score (nSPS) is 13.2. The van der Waals surface area contributed by atoms with Crippen LogP contribution in [0, 0.1) is 5.92 Å². The van der Waals surface area contributed by atoms with Gasteiger partial charge in [-0.1, -0.05) is 6.92 Å². The smallest absolute Gasteiger partial charge is 0.0705 e. The van der Waals surface area contributed by atoms with Gasteiger partial charge in [-0.25, -0.2) is 5.90 Å². The van der Waals surface area contributed by atoms with E-state index in [-0.39, 0.29) is 0 Å². The third-order valence-corrected chi connectivity index (χ3v) is 1.79. The largest absolute Gasteiger partial charge is 0.304 e. The van der Waals surface area contributed by atoms with E-state index in [1.165, 1.54) is 0 Å². The first kappa shape index (κ1) is 9.22. The van der Waals surface area contributed by atoms with Crippen molar-refractivity contribution in [3.8, 4) is 0 Å². The maximum atomic E-state index is 4.96. The van der Waals surface area contributed by atoms with Crippen LogP contribution in [-0.2, 0) is 11.4 Å². The number of nitrogens with zero attached hydrogens (tertiary/aromatic N) is 2. The molecule has 0 fully saturated rings. The summed E-state index contributed by atoms with van der Waals surface area (Å²) in [6.45, 7) is 3.65. The summed E-state index contributed by atoms with van der Waals surface area (Å²) < 4.78 is 1.91. The van der Waals surface area contributed by atoms with Crippen LogP contribution >= 0.6 is 0 Å². The highest BCUT2D eigenvalue weighted by Crippen LogP contribution is 2.02. The van der Waals surface area contributed by atoms with Crippen LogP contribution in [0.15, 0.2) is 18.5 Å². The number of nitrogens with two attached hydrogens (primary N) is 1. The molecule has 0 amide bonds. The van der Waals surface area contributed by atoms with Crippen LogP contribution in [0.5, 0.6) is 0 Å². The SMILES string of the molecule is CC(CCn1cccn1)CON. The molecule has 0 aromatic carbocycles. The highest BCUT2D eigenvalue weighted by molar-refractivity contribution is 4.77. The topological polar surface area (TPSA) is 53.1 Å². The second-order valence-electron chi connectivity index (χ2n) is 3.00. The third-order valence-electron chi connectivity index (χ3n) is 1.79. The van der Waals surface area contributed by atoms with Crippen LogP contribution in [0.3, 0.4) is 0 Å². The summed E-state index contributed by atoms with van der Waals surface area (Å²) in [6.07, 6.45) is 4.78. The van der Waals surface area contributed by atoms with E-state index in [0.717, 1.165) is 13.0 Å². The Morgan fingerprint density at radius 3 is 3.08 bits per heavy atom. The van der Waals surface area contributed by atoms with Crippen LogP contribution in [0.4, 0.5) is 0 Å². The van der Waals surface area contributed by atoms with E-state index in [4.69, 9.17) is 5.90 Å². The molecule has 1 unspecified atom stereocenters. The Hall–Kier alpha value is -0.870.